The van der Waals surface area contributed by atoms with Crippen molar-refractivity contribution in [3.8, 4) is 0 Å². The Bertz CT molecular complexity index is 364. The number of nitrogens with zero attached hydrogens (tertiary/aromatic N) is 2. The molecular weight excluding hydrogens is 199 g/mol. The lowest BCUT2D eigenvalue weighted by molar-refractivity contribution is -0.384. The van der Waals surface area contributed by atoms with E-state index >= 15 is 0 Å². The van der Waals surface area contributed by atoms with Crippen LogP contribution in [0.25, 0.3) is 0 Å². The Morgan fingerprint density at radius 1 is 1.40 bits per heavy atom. The highest BCUT2D eigenvalue weighted by molar-refractivity contribution is 5.63. The molecule has 0 aliphatic carbocycles. The SMILES string of the molecule is CCN(CC)c1cc(F)ccc1[N+](=O)[O-]. The van der Waals surface area contributed by atoms with Crippen molar-refractivity contribution in [2.24, 2.45) is 0 Å². The van der Waals surface area contributed by atoms with Crippen LogP contribution in [0.3, 0.4) is 0 Å². The summed E-state index contributed by atoms with van der Waals surface area (Å²) in [6.45, 7) is 4.97. The first-order valence-electron chi connectivity index (χ1n) is 4.79. The molecule has 0 atom stereocenters. The Labute approximate surface area is 87.5 Å². The molecule has 0 bridgehead atoms. The number of nitro groups is 1. The smallest absolute Gasteiger partial charge is 0.292 e. The highest BCUT2D eigenvalue weighted by atomic mass is 19.1. The second-order valence-electron chi connectivity index (χ2n) is 3.06. The molecule has 0 heterocycles. The lowest BCUT2D eigenvalue weighted by Crippen LogP contribution is -2.22. The molecule has 0 amide bonds. The minimum Gasteiger partial charge on any atom is -0.366 e. The Morgan fingerprint density at radius 3 is 2.47 bits per heavy atom. The number of hydrogen-bond acceptors (Lipinski definition) is 3. The molecule has 0 saturated carbocycles. The van der Waals surface area contributed by atoms with Gasteiger partial charge in [0.05, 0.1) is 4.92 Å². The number of anilines is 1. The number of hydrogen-bond donors (Lipinski definition) is 0. The normalized spacial score (nSPS) is 10.1. The third kappa shape index (κ3) is 2.43. The largest absolute Gasteiger partial charge is 0.366 e. The van der Waals surface area contributed by atoms with Gasteiger partial charge in [-0.1, -0.05) is 0 Å². The Balaban J connectivity index is 3.22. The lowest BCUT2D eigenvalue weighted by Gasteiger charge is -2.20. The molecule has 0 aliphatic heterocycles. The number of nitro benzene ring substituents is 1. The van der Waals surface area contributed by atoms with Gasteiger partial charge in [-0.3, -0.25) is 10.1 Å². The summed E-state index contributed by atoms with van der Waals surface area (Å²) in [5.41, 5.74) is 0.283. The summed E-state index contributed by atoms with van der Waals surface area (Å²) < 4.78 is 13.0. The van der Waals surface area contributed by atoms with Gasteiger partial charge in [0.1, 0.15) is 11.5 Å². The van der Waals surface area contributed by atoms with Crippen LogP contribution in [0.4, 0.5) is 15.8 Å². The molecule has 82 valence electrons. The van der Waals surface area contributed by atoms with Crippen molar-refractivity contribution in [1.29, 1.82) is 0 Å². The molecule has 4 nitrogen and oxygen atoms in total. The van der Waals surface area contributed by atoms with Gasteiger partial charge in [-0.2, -0.15) is 0 Å². The van der Waals surface area contributed by atoms with Gasteiger partial charge in [0.15, 0.2) is 0 Å². The summed E-state index contributed by atoms with van der Waals surface area (Å²) in [7, 11) is 0. The minimum atomic E-state index is -0.493. The molecule has 0 saturated heterocycles. The van der Waals surface area contributed by atoms with Crippen molar-refractivity contribution in [2.75, 3.05) is 18.0 Å². The molecule has 1 aromatic carbocycles. The van der Waals surface area contributed by atoms with E-state index in [4.69, 9.17) is 0 Å². The lowest BCUT2D eigenvalue weighted by atomic mass is 10.2. The molecule has 0 N–H and O–H groups in total. The van der Waals surface area contributed by atoms with Crippen molar-refractivity contribution >= 4 is 11.4 Å². The molecule has 0 fully saturated rings. The van der Waals surface area contributed by atoms with E-state index in [1.165, 1.54) is 12.1 Å². The fourth-order valence-electron chi connectivity index (χ4n) is 1.47. The third-order valence-corrected chi connectivity index (χ3v) is 2.24. The first kappa shape index (κ1) is 11.4. The van der Waals surface area contributed by atoms with E-state index in [1.807, 2.05) is 13.8 Å². The second-order valence-corrected chi connectivity index (χ2v) is 3.06. The fraction of sp³-hybridized carbons (Fsp3) is 0.400. The maximum absolute atomic E-state index is 13.0. The van der Waals surface area contributed by atoms with Crippen molar-refractivity contribution in [1.82, 2.24) is 0 Å². The first-order valence-corrected chi connectivity index (χ1v) is 4.79. The van der Waals surface area contributed by atoms with Crippen LogP contribution < -0.4 is 4.90 Å². The molecule has 0 unspecified atom stereocenters. The van der Waals surface area contributed by atoms with Crippen molar-refractivity contribution < 1.29 is 9.31 Å². The number of benzene rings is 1. The summed E-state index contributed by atoms with van der Waals surface area (Å²) in [5, 5.41) is 10.7. The van der Waals surface area contributed by atoms with Gasteiger partial charge in [0, 0.05) is 25.2 Å². The van der Waals surface area contributed by atoms with Crippen LogP contribution in [-0.2, 0) is 0 Å². The standard InChI is InChI=1S/C10H13FN2O2/c1-3-12(4-2)10-7-8(11)5-6-9(10)13(14)15/h5-7H,3-4H2,1-2H3. The van der Waals surface area contributed by atoms with Crippen LogP contribution in [0.2, 0.25) is 0 Å². The third-order valence-electron chi connectivity index (χ3n) is 2.24. The minimum absolute atomic E-state index is 0.0555. The quantitative estimate of drug-likeness (QED) is 0.569. The predicted molar refractivity (Wildman–Crippen MR) is 56.6 cm³/mol. The Kier molecular flexibility index (Phi) is 3.60. The number of halogens is 1. The van der Waals surface area contributed by atoms with Crippen LogP contribution in [0, 0.1) is 15.9 Å². The summed E-state index contributed by atoms with van der Waals surface area (Å²) in [4.78, 5) is 12.0. The Morgan fingerprint density at radius 2 is 2.00 bits per heavy atom. The van der Waals surface area contributed by atoms with Crippen molar-refractivity contribution in [3.05, 3.63) is 34.1 Å². The zero-order chi connectivity index (χ0) is 11.4. The molecule has 0 spiro atoms. The zero-order valence-electron chi connectivity index (χ0n) is 8.74. The van der Waals surface area contributed by atoms with Gasteiger partial charge in [-0.05, 0) is 19.9 Å². The molecular formula is C10H13FN2O2. The van der Waals surface area contributed by atoms with Crippen molar-refractivity contribution in [2.45, 2.75) is 13.8 Å². The molecule has 5 heteroatoms. The van der Waals surface area contributed by atoms with Gasteiger partial charge in [0.2, 0.25) is 0 Å². The van der Waals surface area contributed by atoms with Crippen LogP contribution in [-0.4, -0.2) is 18.0 Å². The van der Waals surface area contributed by atoms with E-state index in [9.17, 15) is 14.5 Å². The molecule has 0 aliphatic rings. The number of rotatable bonds is 4. The molecule has 1 rings (SSSR count). The maximum atomic E-state index is 13.0. The van der Waals surface area contributed by atoms with Gasteiger partial charge >= 0.3 is 0 Å². The van der Waals surface area contributed by atoms with E-state index in [0.717, 1.165) is 6.07 Å². The summed E-state index contributed by atoms with van der Waals surface area (Å²) in [6.07, 6.45) is 0. The van der Waals surface area contributed by atoms with Gasteiger partial charge in [-0.25, -0.2) is 4.39 Å². The topological polar surface area (TPSA) is 46.4 Å². The van der Waals surface area contributed by atoms with Gasteiger partial charge < -0.3 is 4.90 Å². The van der Waals surface area contributed by atoms with E-state index in [0.29, 0.717) is 18.8 Å². The van der Waals surface area contributed by atoms with Crippen LogP contribution in [0.1, 0.15) is 13.8 Å². The first-order chi connectivity index (χ1) is 7.10. The maximum Gasteiger partial charge on any atom is 0.292 e. The van der Waals surface area contributed by atoms with E-state index in [-0.39, 0.29) is 5.69 Å². The van der Waals surface area contributed by atoms with Crippen molar-refractivity contribution in [3.63, 3.8) is 0 Å². The highest BCUT2D eigenvalue weighted by Gasteiger charge is 2.17. The monoisotopic (exact) mass is 212 g/mol. The van der Waals surface area contributed by atoms with E-state index in [2.05, 4.69) is 0 Å². The summed E-state index contributed by atoms with van der Waals surface area (Å²) in [6, 6.07) is 3.50. The van der Waals surface area contributed by atoms with Gasteiger partial charge in [0.25, 0.3) is 5.69 Å². The van der Waals surface area contributed by atoms with E-state index < -0.39 is 10.7 Å². The highest BCUT2D eigenvalue weighted by Crippen LogP contribution is 2.28. The van der Waals surface area contributed by atoms with Gasteiger partial charge in [-0.15, -0.1) is 0 Å². The predicted octanol–water partition coefficient (Wildman–Crippen LogP) is 2.58. The van der Waals surface area contributed by atoms with Crippen LogP contribution in [0.5, 0.6) is 0 Å². The molecule has 0 aromatic heterocycles. The Hall–Kier alpha value is -1.65. The van der Waals surface area contributed by atoms with E-state index in [1.54, 1.807) is 4.90 Å². The van der Waals surface area contributed by atoms with Crippen LogP contribution >= 0.6 is 0 Å². The van der Waals surface area contributed by atoms with Crippen LogP contribution in [0.15, 0.2) is 18.2 Å². The zero-order valence-corrected chi connectivity index (χ0v) is 8.74. The summed E-state index contributed by atoms with van der Waals surface area (Å²) >= 11 is 0. The molecule has 15 heavy (non-hydrogen) atoms. The molecule has 1 aromatic rings. The fourth-order valence-corrected chi connectivity index (χ4v) is 1.47. The summed E-state index contributed by atoms with van der Waals surface area (Å²) in [5.74, 6) is -0.456. The second kappa shape index (κ2) is 4.72. The molecule has 0 radical (unpaired) electrons. The average molecular weight is 212 g/mol. The average Bonchev–Trinajstić information content (AvgIpc) is 2.19.